The van der Waals surface area contributed by atoms with E-state index in [1.807, 2.05) is 55.5 Å². The summed E-state index contributed by atoms with van der Waals surface area (Å²) in [6.45, 7) is 4.05. The lowest BCUT2D eigenvalue weighted by molar-refractivity contribution is 0.871. The van der Waals surface area contributed by atoms with Crippen molar-refractivity contribution in [3.63, 3.8) is 0 Å². The zero-order chi connectivity index (χ0) is 16.9. The molecule has 0 amide bonds. The Bertz CT molecular complexity index is 821. The van der Waals surface area contributed by atoms with Gasteiger partial charge in [0, 0.05) is 17.8 Å². The van der Waals surface area contributed by atoms with Crippen LogP contribution in [-0.4, -0.2) is 9.97 Å². The fraction of sp³-hybridized carbons (Fsp3) is 0.158. The summed E-state index contributed by atoms with van der Waals surface area (Å²) < 4.78 is 0. The van der Waals surface area contributed by atoms with E-state index < -0.39 is 0 Å². The number of benzene rings is 2. The third kappa shape index (κ3) is 4.03. The van der Waals surface area contributed by atoms with E-state index in [0.717, 1.165) is 17.2 Å². The highest BCUT2D eigenvalue weighted by atomic mass is 35.5. The van der Waals surface area contributed by atoms with E-state index in [-0.39, 0.29) is 6.04 Å². The molecule has 2 aromatic carbocycles. The van der Waals surface area contributed by atoms with Crippen molar-refractivity contribution >= 4 is 29.1 Å². The molecule has 0 fully saturated rings. The Balaban J connectivity index is 1.80. The first kappa shape index (κ1) is 16.3. The average Bonchev–Trinajstić information content (AvgIpc) is 2.57. The molecule has 1 heterocycles. The second-order valence-corrected chi connectivity index (χ2v) is 6.01. The number of halogens is 1. The Kier molecular flexibility index (Phi) is 4.96. The zero-order valence-corrected chi connectivity index (χ0v) is 14.4. The molecule has 4 nitrogen and oxygen atoms in total. The van der Waals surface area contributed by atoms with E-state index in [0.29, 0.717) is 11.0 Å². The number of para-hydroxylation sites is 1. The molecular formula is C19H19ClN4. The van der Waals surface area contributed by atoms with Crippen LogP contribution in [-0.2, 0) is 0 Å². The number of aromatic nitrogens is 2. The van der Waals surface area contributed by atoms with Gasteiger partial charge in [0.15, 0.2) is 0 Å². The van der Waals surface area contributed by atoms with E-state index >= 15 is 0 Å². The predicted molar refractivity (Wildman–Crippen MR) is 100.0 cm³/mol. The Morgan fingerprint density at radius 2 is 1.67 bits per heavy atom. The van der Waals surface area contributed by atoms with Gasteiger partial charge < -0.3 is 10.6 Å². The number of anilines is 3. The second-order valence-electron chi connectivity index (χ2n) is 5.60. The number of aryl methyl sites for hydroxylation is 1. The van der Waals surface area contributed by atoms with Crippen LogP contribution in [0.15, 0.2) is 60.7 Å². The molecule has 0 aliphatic heterocycles. The van der Waals surface area contributed by atoms with Crippen LogP contribution in [0.1, 0.15) is 24.2 Å². The van der Waals surface area contributed by atoms with Gasteiger partial charge in [-0.25, -0.2) is 4.98 Å². The molecule has 0 bridgehead atoms. The van der Waals surface area contributed by atoms with Gasteiger partial charge in [0.25, 0.3) is 0 Å². The molecule has 0 aliphatic carbocycles. The van der Waals surface area contributed by atoms with Crippen molar-refractivity contribution < 1.29 is 0 Å². The molecule has 0 saturated heterocycles. The van der Waals surface area contributed by atoms with E-state index in [1.165, 1.54) is 5.56 Å². The summed E-state index contributed by atoms with van der Waals surface area (Å²) in [4.78, 5) is 8.97. The Morgan fingerprint density at radius 1 is 0.958 bits per heavy atom. The van der Waals surface area contributed by atoms with Gasteiger partial charge in [0.1, 0.15) is 5.82 Å². The lowest BCUT2D eigenvalue weighted by Crippen LogP contribution is -2.10. The summed E-state index contributed by atoms with van der Waals surface area (Å²) in [6.07, 6.45) is 0. The van der Waals surface area contributed by atoms with Gasteiger partial charge in [-0.15, -0.1) is 0 Å². The van der Waals surface area contributed by atoms with Gasteiger partial charge in [-0.1, -0.05) is 54.1 Å². The molecule has 3 rings (SSSR count). The van der Waals surface area contributed by atoms with Crippen molar-refractivity contribution in [2.45, 2.75) is 19.9 Å². The first-order valence-electron chi connectivity index (χ1n) is 7.80. The van der Waals surface area contributed by atoms with Crippen LogP contribution in [0.5, 0.6) is 0 Å². The maximum Gasteiger partial charge on any atom is 0.229 e. The minimum Gasteiger partial charge on any atom is -0.363 e. The monoisotopic (exact) mass is 338 g/mol. The molecule has 0 saturated carbocycles. The topological polar surface area (TPSA) is 49.8 Å². The van der Waals surface area contributed by atoms with Gasteiger partial charge >= 0.3 is 0 Å². The highest BCUT2D eigenvalue weighted by molar-refractivity contribution is 6.33. The maximum atomic E-state index is 6.18. The molecule has 1 aromatic heterocycles. The van der Waals surface area contributed by atoms with E-state index in [4.69, 9.17) is 11.6 Å². The van der Waals surface area contributed by atoms with Crippen LogP contribution in [0, 0.1) is 6.92 Å². The van der Waals surface area contributed by atoms with Crippen LogP contribution in [0.3, 0.4) is 0 Å². The highest BCUT2D eigenvalue weighted by Crippen LogP contribution is 2.25. The Hall–Kier alpha value is -2.59. The number of nitrogens with zero attached hydrogens (tertiary/aromatic N) is 2. The minimum atomic E-state index is 0.147. The van der Waals surface area contributed by atoms with Gasteiger partial charge in [-0.05, 0) is 31.5 Å². The fourth-order valence-electron chi connectivity index (χ4n) is 2.43. The molecule has 0 radical (unpaired) electrons. The minimum absolute atomic E-state index is 0.147. The fourth-order valence-corrected chi connectivity index (χ4v) is 2.61. The number of hydrogen-bond acceptors (Lipinski definition) is 4. The van der Waals surface area contributed by atoms with Crippen LogP contribution >= 0.6 is 11.6 Å². The quantitative estimate of drug-likeness (QED) is 0.658. The lowest BCUT2D eigenvalue weighted by atomic mass is 10.1. The van der Waals surface area contributed by atoms with Gasteiger partial charge in [-0.2, -0.15) is 4.98 Å². The normalized spacial score (nSPS) is 11.8. The molecule has 5 heteroatoms. The van der Waals surface area contributed by atoms with Crippen molar-refractivity contribution in [1.29, 1.82) is 0 Å². The largest absolute Gasteiger partial charge is 0.363 e. The maximum absolute atomic E-state index is 6.18. The first-order valence-corrected chi connectivity index (χ1v) is 8.18. The molecule has 1 atom stereocenters. The highest BCUT2D eigenvalue weighted by Gasteiger charge is 2.09. The van der Waals surface area contributed by atoms with E-state index in [2.05, 4.69) is 39.7 Å². The SMILES string of the molecule is Cc1cc(NC(C)c2ccccc2)nc(Nc2ccccc2Cl)n1. The van der Waals surface area contributed by atoms with Gasteiger partial charge in [-0.3, -0.25) is 0 Å². The van der Waals surface area contributed by atoms with Crippen molar-refractivity contribution in [3.8, 4) is 0 Å². The predicted octanol–water partition coefficient (Wildman–Crippen LogP) is 5.36. The summed E-state index contributed by atoms with van der Waals surface area (Å²) in [5.74, 6) is 1.29. The van der Waals surface area contributed by atoms with Crippen LogP contribution in [0.25, 0.3) is 0 Å². The second kappa shape index (κ2) is 7.32. The molecule has 2 N–H and O–H groups in total. The van der Waals surface area contributed by atoms with E-state index in [1.54, 1.807) is 0 Å². The summed E-state index contributed by atoms with van der Waals surface area (Å²) in [6, 6.07) is 19.9. The standard InChI is InChI=1S/C19H19ClN4/c1-13-12-18(22-14(2)15-8-4-3-5-9-15)24-19(21-13)23-17-11-7-6-10-16(17)20/h3-12,14H,1-2H3,(H2,21,22,23,24). The van der Waals surface area contributed by atoms with Crippen LogP contribution < -0.4 is 10.6 Å². The summed E-state index contributed by atoms with van der Waals surface area (Å²) >= 11 is 6.18. The van der Waals surface area contributed by atoms with Gasteiger partial charge in [0.05, 0.1) is 10.7 Å². The number of hydrogen-bond donors (Lipinski definition) is 2. The molecule has 0 spiro atoms. The third-order valence-corrected chi connectivity index (χ3v) is 3.97. The zero-order valence-electron chi connectivity index (χ0n) is 13.6. The van der Waals surface area contributed by atoms with Crippen LogP contribution in [0.4, 0.5) is 17.5 Å². The summed E-state index contributed by atoms with van der Waals surface area (Å²) in [7, 11) is 0. The molecule has 122 valence electrons. The average molecular weight is 339 g/mol. The van der Waals surface area contributed by atoms with Crippen molar-refractivity contribution in [2.75, 3.05) is 10.6 Å². The van der Waals surface area contributed by atoms with Crippen molar-refractivity contribution in [1.82, 2.24) is 9.97 Å². The molecule has 3 aromatic rings. The number of nitrogens with one attached hydrogen (secondary N) is 2. The molecule has 24 heavy (non-hydrogen) atoms. The molecular weight excluding hydrogens is 320 g/mol. The van der Waals surface area contributed by atoms with Crippen molar-refractivity contribution in [3.05, 3.63) is 76.9 Å². The Morgan fingerprint density at radius 3 is 2.42 bits per heavy atom. The smallest absolute Gasteiger partial charge is 0.229 e. The molecule has 1 unspecified atom stereocenters. The summed E-state index contributed by atoms with van der Waals surface area (Å²) in [5, 5.41) is 7.22. The first-order chi connectivity index (χ1) is 11.6. The van der Waals surface area contributed by atoms with Crippen molar-refractivity contribution in [2.24, 2.45) is 0 Å². The lowest BCUT2D eigenvalue weighted by Gasteiger charge is -2.16. The third-order valence-electron chi connectivity index (χ3n) is 3.64. The number of rotatable bonds is 5. The summed E-state index contributed by atoms with van der Waals surface area (Å²) in [5.41, 5.74) is 2.86. The van der Waals surface area contributed by atoms with Gasteiger partial charge in [0.2, 0.25) is 5.95 Å². The molecule has 0 aliphatic rings. The van der Waals surface area contributed by atoms with Crippen LogP contribution in [0.2, 0.25) is 5.02 Å². The Labute approximate surface area is 146 Å². The van der Waals surface area contributed by atoms with E-state index in [9.17, 15) is 0 Å².